The van der Waals surface area contributed by atoms with E-state index in [1.165, 1.54) is 6.42 Å². The largest absolute Gasteiger partial charge is 0.396 e. The summed E-state index contributed by atoms with van der Waals surface area (Å²) in [5.74, 6) is 0.132. The van der Waals surface area contributed by atoms with E-state index in [0.29, 0.717) is 5.56 Å². The van der Waals surface area contributed by atoms with E-state index >= 15 is 0 Å². The molecule has 1 heterocycles. The highest BCUT2D eigenvalue weighted by Gasteiger charge is 2.25. The molecule has 1 aliphatic carbocycles. The number of carbonyl (C=O) groups excluding carboxylic acids is 1. The predicted octanol–water partition coefficient (Wildman–Crippen LogP) is 2.84. The monoisotopic (exact) mass is 286 g/mol. The molecular weight excluding hydrogens is 264 g/mol. The summed E-state index contributed by atoms with van der Waals surface area (Å²) >= 11 is 0. The van der Waals surface area contributed by atoms with Crippen molar-refractivity contribution in [3.8, 4) is 0 Å². The number of H-pyrrole nitrogens is 1. The van der Waals surface area contributed by atoms with Crippen LogP contribution in [-0.4, -0.2) is 28.6 Å². The maximum Gasteiger partial charge on any atom is 0.253 e. The molecule has 0 spiro atoms. The Kier molecular flexibility index (Phi) is 4.25. The summed E-state index contributed by atoms with van der Waals surface area (Å²) in [6.07, 6.45) is 7.25. The molecule has 1 amide bonds. The lowest BCUT2D eigenvalue weighted by atomic mass is 9.95. The molecule has 0 aliphatic heterocycles. The molecule has 0 bridgehead atoms. The van der Waals surface area contributed by atoms with E-state index in [9.17, 15) is 9.90 Å². The number of aromatic nitrogens is 1. The van der Waals surface area contributed by atoms with E-state index in [1.807, 2.05) is 30.5 Å². The highest BCUT2D eigenvalue weighted by atomic mass is 16.3. The van der Waals surface area contributed by atoms with E-state index in [1.54, 1.807) is 0 Å². The van der Waals surface area contributed by atoms with Crippen LogP contribution in [0.5, 0.6) is 0 Å². The highest BCUT2D eigenvalue weighted by molar-refractivity contribution is 6.05. The van der Waals surface area contributed by atoms with E-state index in [-0.39, 0.29) is 24.5 Å². The van der Waals surface area contributed by atoms with Crippen molar-refractivity contribution in [2.75, 3.05) is 6.61 Å². The van der Waals surface area contributed by atoms with E-state index in [4.69, 9.17) is 0 Å². The first-order chi connectivity index (χ1) is 10.3. The fourth-order valence-corrected chi connectivity index (χ4v) is 3.31. The second-order valence-corrected chi connectivity index (χ2v) is 5.91. The van der Waals surface area contributed by atoms with Crippen molar-refractivity contribution in [2.45, 2.75) is 38.1 Å². The van der Waals surface area contributed by atoms with Crippen LogP contribution in [0.15, 0.2) is 30.5 Å². The van der Waals surface area contributed by atoms with Gasteiger partial charge in [-0.05, 0) is 25.0 Å². The Hall–Kier alpha value is -1.81. The van der Waals surface area contributed by atoms with Crippen LogP contribution in [0.3, 0.4) is 0 Å². The fourth-order valence-electron chi connectivity index (χ4n) is 3.31. The fraction of sp³-hybridized carbons (Fsp3) is 0.471. The summed E-state index contributed by atoms with van der Waals surface area (Å²) in [7, 11) is 0. The van der Waals surface area contributed by atoms with Gasteiger partial charge in [0.25, 0.3) is 5.91 Å². The molecule has 21 heavy (non-hydrogen) atoms. The van der Waals surface area contributed by atoms with Crippen molar-refractivity contribution >= 4 is 16.8 Å². The smallest absolute Gasteiger partial charge is 0.253 e. The average Bonchev–Trinajstić information content (AvgIpc) is 2.87. The van der Waals surface area contributed by atoms with Gasteiger partial charge in [-0.3, -0.25) is 4.79 Å². The molecule has 3 rings (SSSR count). The van der Waals surface area contributed by atoms with Gasteiger partial charge < -0.3 is 15.4 Å². The molecule has 1 aromatic carbocycles. The number of aliphatic hydroxyl groups is 1. The van der Waals surface area contributed by atoms with Crippen molar-refractivity contribution in [2.24, 2.45) is 5.92 Å². The predicted molar refractivity (Wildman–Crippen MR) is 83.2 cm³/mol. The second-order valence-electron chi connectivity index (χ2n) is 5.91. The molecule has 2 atom stereocenters. The van der Waals surface area contributed by atoms with Crippen molar-refractivity contribution in [3.63, 3.8) is 0 Å². The molecule has 2 unspecified atom stereocenters. The minimum absolute atomic E-state index is 0.0478. The summed E-state index contributed by atoms with van der Waals surface area (Å²) in [4.78, 5) is 15.7. The topological polar surface area (TPSA) is 65.1 Å². The number of aliphatic hydroxyl groups excluding tert-OH is 1. The van der Waals surface area contributed by atoms with Crippen LogP contribution in [0.1, 0.15) is 42.5 Å². The first-order valence-corrected chi connectivity index (χ1v) is 7.77. The Morgan fingerprint density at radius 3 is 2.95 bits per heavy atom. The van der Waals surface area contributed by atoms with E-state index in [2.05, 4.69) is 10.3 Å². The van der Waals surface area contributed by atoms with Gasteiger partial charge in [0.15, 0.2) is 0 Å². The maximum absolute atomic E-state index is 12.6. The zero-order chi connectivity index (χ0) is 14.7. The van der Waals surface area contributed by atoms with Gasteiger partial charge in [-0.25, -0.2) is 0 Å². The quantitative estimate of drug-likeness (QED) is 0.760. The van der Waals surface area contributed by atoms with Crippen LogP contribution < -0.4 is 5.32 Å². The van der Waals surface area contributed by atoms with E-state index in [0.717, 1.165) is 36.6 Å². The molecular formula is C17H22N2O2. The van der Waals surface area contributed by atoms with Crippen LogP contribution in [0.25, 0.3) is 10.9 Å². The van der Waals surface area contributed by atoms with Crippen molar-refractivity contribution in [1.29, 1.82) is 0 Å². The lowest BCUT2D eigenvalue weighted by molar-refractivity contribution is 0.0901. The first kappa shape index (κ1) is 14.1. The SMILES string of the molecule is O=C(NC1CCCCCC1CO)c1cccc2cc[nH]c12. The lowest BCUT2D eigenvalue weighted by Gasteiger charge is -2.24. The van der Waals surface area contributed by atoms with Crippen LogP contribution in [-0.2, 0) is 0 Å². The molecule has 112 valence electrons. The minimum Gasteiger partial charge on any atom is -0.396 e. The number of benzene rings is 1. The van der Waals surface area contributed by atoms with Gasteiger partial charge in [0.1, 0.15) is 0 Å². The van der Waals surface area contributed by atoms with Crippen LogP contribution >= 0.6 is 0 Å². The Balaban J connectivity index is 1.80. The van der Waals surface area contributed by atoms with E-state index < -0.39 is 0 Å². The van der Waals surface area contributed by atoms with Gasteiger partial charge >= 0.3 is 0 Å². The number of para-hydroxylation sites is 1. The number of aromatic amines is 1. The molecule has 0 saturated heterocycles. The molecule has 1 aliphatic rings. The minimum atomic E-state index is -0.0478. The molecule has 0 radical (unpaired) electrons. The Bertz CT molecular complexity index is 620. The number of hydrogen-bond acceptors (Lipinski definition) is 2. The normalized spacial score (nSPS) is 22.9. The number of rotatable bonds is 3. The molecule has 1 saturated carbocycles. The summed E-state index contributed by atoms with van der Waals surface area (Å²) in [6.45, 7) is 0.150. The maximum atomic E-state index is 12.6. The number of carbonyl (C=O) groups is 1. The van der Waals surface area contributed by atoms with Gasteiger partial charge in [0, 0.05) is 30.1 Å². The van der Waals surface area contributed by atoms with Gasteiger partial charge in [0.05, 0.1) is 11.1 Å². The first-order valence-electron chi connectivity index (χ1n) is 7.77. The van der Waals surface area contributed by atoms with Crippen molar-refractivity contribution < 1.29 is 9.90 Å². The molecule has 4 nitrogen and oxygen atoms in total. The molecule has 1 fully saturated rings. The Morgan fingerprint density at radius 2 is 2.10 bits per heavy atom. The van der Waals surface area contributed by atoms with Crippen LogP contribution in [0.2, 0.25) is 0 Å². The van der Waals surface area contributed by atoms with Gasteiger partial charge in [0.2, 0.25) is 0 Å². The second kappa shape index (κ2) is 6.31. The van der Waals surface area contributed by atoms with Crippen LogP contribution in [0.4, 0.5) is 0 Å². The van der Waals surface area contributed by atoms with Gasteiger partial charge in [-0.1, -0.05) is 31.4 Å². The standard InChI is InChI=1S/C17H22N2O2/c20-11-13-5-2-1-3-8-15(13)19-17(21)14-7-4-6-12-9-10-18-16(12)14/h4,6-7,9-10,13,15,18,20H,1-3,5,8,11H2,(H,19,21). The third-order valence-corrected chi connectivity index (χ3v) is 4.54. The number of hydrogen-bond donors (Lipinski definition) is 3. The van der Waals surface area contributed by atoms with Gasteiger partial charge in [-0.2, -0.15) is 0 Å². The average molecular weight is 286 g/mol. The van der Waals surface area contributed by atoms with Crippen molar-refractivity contribution in [1.82, 2.24) is 10.3 Å². The molecule has 2 aromatic rings. The molecule has 1 aromatic heterocycles. The number of amides is 1. The zero-order valence-corrected chi connectivity index (χ0v) is 12.1. The summed E-state index contributed by atoms with van der Waals surface area (Å²) in [5, 5.41) is 13.7. The van der Waals surface area contributed by atoms with Gasteiger partial charge in [-0.15, -0.1) is 0 Å². The zero-order valence-electron chi connectivity index (χ0n) is 12.1. The molecule has 4 heteroatoms. The summed E-state index contributed by atoms with van der Waals surface area (Å²) in [6, 6.07) is 7.79. The lowest BCUT2D eigenvalue weighted by Crippen LogP contribution is -2.41. The Morgan fingerprint density at radius 1 is 1.24 bits per heavy atom. The summed E-state index contributed by atoms with van der Waals surface area (Å²) < 4.78 is 0. The third kappa shape index (κ3) is 2.95. The van der Waals surface area contributed by atoms with Crippen LogP contribution in [0, 0.1) is 5.92 Å². The number of nitrogens with one attached hydrogen (secondary N) is 2. The third-order valence-electron chi connectivity index (χ3n) is 4.54. The summed E-state index contributed by atoms with van der Waals surface area (Å²) in [5.41, 5.74) is 1.56. The number of fused-ring (bicyclic) bond motifs is 1. The molecule has 3 N–H and O–H groups in total. The highest BCUT2D eigenvalue weighted by Crippen LogP contribution is 2.24. The Labute approximate surface area is 124 Å². The van der Waals surface area contributed by atoms with Crippen molar-refractivity contribution in [3.05, 3.63) is 36.0 Å².